The van der Waals surface area contributed by atoms with E-state index in [9.17, 15) is 44.1 Å². The van der Waals surface area contributed by atoms with Gasteiger partial charge in [-0.2, -0.15) is 37.9 Å². The summed E-state index contributed by atoms with van der Waals surface area (Å²) in [6.07, 6.45) is 0. The van der Waals surface area contributed by atoms with E-state index in [1.807, 2.05) is 0 Å². The molecule has 0 fully saturated rings. The molecule has 174 valence electrons. The Morgan fingerprint density at radius 2 is 0.742 bits per heavy atom. The van der Waals surface area contributed by atoms with Crippen molar-refractivity contribution >= 4 is 90.9 Å². The molecule has 31 heavy (non-hydrogen) atoms. The zero-order chi connectivity index (χ0) is 24.4. The maximum atomic E-state index is 10.3. The predicted octanol–water partition coefficient (Wildman–Crippen LogP) is -5.87. The summed E-state index contributed by atoms with van der Waals surface area (Å²) in [5.41, 5.74) is 0. The van der Waals surface area contributed by atoms with Crippen LogP contribution in [0.25, 0.3) is 0 Å². The van der Waals surface area contributed by atoms with Crippen molar-refractivity contribution in [3.8, 4) is 0 Å². The van der Waals surface area contributed by atoms with Gasteiger partial charge in [-0.1, -0.05) is 0 Å². The molecule has 0 aromatic rings. The van der Waals surface area contributed by atoms with Crippen molar-refractivity contribution in [2.45, 2.75) is 38.9 Å². The van der Waals surface area contributed by atoms with Crippen LogP contribution in [0.3, 0.4) is 0 Å². The molecule has 0 unspecified atom stereocenters. The Morgan fingerprint density at radius 1 is 0.581 bits per heavy atom. The second-order valence-electron chi connectivity index (χ2n) is 5.26. The third-order valence-electron chi connectivity index (χ3n) is 2.53. The number of hydrogen-bond acceptors (Lipinski definition) is 12. The topological polar surface area (TPSA) is 208 Å². The van der Waals surface area contributed by atoms with Gasteiger partial charge in [0.25, 0.3) is 0 Å². The van der Waals surface area contributed by atoms with E-state index in [0.717, 1.165) is 0 Å². The fraction of sp³-hybridized carbons (Fsp3) is 0.600. The van der Waals surface area contributed by atoms with Crippen molar-refractivity contribution in [1.82, 2.24) is 16.0 Å². The summed E-state index contributed by atoms with van der Waals surface area (Å²) >= 11 is 11.1. The van der Waals surface area contributed by atoms with Gasteiger partial charge < -0.3 is 45.7 Å². The molecular weight excluding hydrogens is 489 g/mol. The molecule has 12 nitrogen and oxygen atoms in total. The van der Waals surface area contributed by atoms with E-state index in [2.05, 4.69) is 53.8 Å². The van der Waals surface area contributed by atoms with Gasteiger partial charge in [0.15, 0.2) is 0 Å². The number of carboxylic acids is 3. The van der Waals surface area contributed by atoms with E-state index in [1.54, 1.807) is 0 Å². The minimum absolute atomic E-state index is 0. The van der Waals surface area contributed by atoms with Crippen LogP contribution in [0, 0.1) is 0 Å². The molecule has 0 rings (SSSR count). The number of aliphatic carboxylic acids is 3. The Kier molecular flexibility index (Phi) is 25.6. The number of hydrogen-bond donors (Lipinski definition) is 6. The van der Waals surface area contributed by atoms with Crippen molar-refractivity contribution < 1.29 is 44.1 Å². The molecule has 0 heterocycles. The molecule has 0 saturated carbocycles. The summed E-state index contributed by atoms with van der Waals surface area (Å²) in [5, 5.41) is 36.7. The Balaban J connectivity index is -0.000000174. The molecule has 0 aliphatic rings. The van der Waals surface area contributed by atoms with Gasteiger partial charge in [-0.15, -0.1) is 0 Å². The normalized spacial score (nSPS) is 11.8. The summed E-state index contributed by atoms with van der Waals surface area (Å²) in [6, 6.07) is -2.96. The van der Waals surface area contributed by atoms with E-state index in [-0.39, 0.29) is 34.6 Å². The van der Waals surface area contributed by atoms with Crippen molar-refractivity contribution in [3.63, 3.8) is 0 Å². The Bertz CT molecular complexity index is 531. The van der Waals surface area contributed by atoms with Crippen LogP contribution in [0.2, 0.25) is 0 Å². The average Bonchev–Trinajstić information content (AvgIpc) is 2.61. The molecule has 0 aromatic heterocycles. The number of rotatable bonds is 9. The van der Waals surface area contributed by atoms with Gasteiger partial charge in [0, 0.05) is 38.0 Å². The third-order valence-corrected chi connectivity index (χ3v) is 3.63. The average molecular weight is 514 g/mol. The summed E-state index contributed by atoms with van der Waals surface area (Å²) in [7, 11) is 0. The smallest absolute Gasteiger partial charge is 0.548 e. The number of carbonyl (C=O) groups is 6. The fourth-order valence-corrected chi connectivity index (χ4v) is 1.99. The summed E-state index contributed by atoms with van der Waals surface area (Å²) in [6.45, 7) is 3.71. The van der Waals surface area contributed by atoms with Crippen LogP contribution >= 0.6 is 37.9 Å². The number of carbonyl (C=O) groups excluding carboxylic acids is 6. The molecule has 3 amide bonds. The molecule has 16 heteroatoms. The quantitative estimate of drug-likeness (QED) is 0.128. The van der Waals surface area contributed by atoms with Gasteiger partial charge in [-0.05, 0) is 0 Å². The van der Waals surface area contributed by atoms with Crippen LogP contribution < -0.4 is 31.3 Å². The molecule has 0 saturated heterocycles. The number of nitrogens with one attached hydrogen (secondary N) is 3. The van der Waals surface area contributed by atoms with Crippen LogP contribution in [0.15, 0.2) is 0 Å². The van der Waals surface area contributed by atoms with Gasteiger partial charge in [-0.3, -0.25) is 14.4 Å². The Labute approximate surface area is 206 Å². The number of carboxylic acid groups (broad SMARTS) is 3. The maximum Gasteiger partial charge on any atom is 3.00 e. The van der Waals surface area contributed by atoms with Crippen LogP contribution in [0.1, 0.15) is 20.8 Å². The van der Waals surface area contributed by atoms with Crippen molar-refractivity contribution in [2.24, 2.45) is 0 Å². The second-order valence-corrected chi connectivity index (χ2v) is 6.36. The van der Waals surface area contributed by atoms with Crippen LogP contribution in [-0.4, -0.2) is 88.4 Å². The minimum Gasteiger partial charge on any atom is -0.548 e. The molecule has 0 radical (unpaired) electrons. The first kappa shape index (κ1) is 36.8. The van der Waals surface area contributed by atoms with Gasteiger partial charge in [0.2, 0.25) is 17.7 Å². The molecule has 0 aliphatic heterocycles. The van der Waals surface area contributed by atoms with Crippen LogP contribution in [0.4, 0.5) is 0 Å². The molecule has 0 aliphatic carbocycles. The van der Waals surface area contributed by atoms with Crippen molar-refractivity contribution in [1.29, 1.82) is 0 Å². The first-order chi connectivity index (χ1) is 13.7. The predicted molar refractivity (Wildman–Crippen MR) is 115 cm³/mol. The van der Waals surface area contributed by atoms with Crippen molar-refractivity contribution in [3.05, 3.63) is 0 Å². The maximum absolute atomic E-state index is 10.3. The molecule has 3 N–H and O–H groups in total. The zero-order valence-electron chi connectivity index (χ0n) is 16.9. The summed E-state index contributed by atoms with van der Waals surface area (Å²) < 4.78 is 0. The third kappa shape index (κ3) is 24.5. The van der Waals surface area contributed by atoms with E-state index in [4.69, 9.17) is 0 Å². The van der Waals surface area contributed by atoms with E-state index < -0.39 is 53.8 Å². The zero-order valence-corrected chi connectivity index (χ0v) is 20.8. The molecule has 0 spiro atoms. The largest absolute Gasteiger partial charge is 3.00 e. The SMILES string of the molecule is CC(=O)N[C@@H](CS)C(=O)[O-].CC(=O)N[C@@H](CS)C(=O)[O-].CC(=O)N[C@@H](CS)C(=O)[O-].[Al+3]. The van der Waals surface area contributed by atoms with Gasteiger partial charge >= 0.3 is 17.4 Å². The molecule has 0 bridgehead atoms. The second kappa shape index (κ2) is 21.6. The molecule has 0 aromatic carbocycles. The van der Waals surface area contributed by atoms with Crippen LogP contribution in [-0.2, 0) is 28.8 Å². The summed E-state index contributed by atoms with van der Waals surface area (Å²) in [5.74, 6) is -5.01. The first-order valence-electron chi connectivity index (χ1n) is 7.99. The van der Waals surface area contributed by atoms with Gasteiger partial charge in [0.1, 0.15) is 0 Å². The van der Waals surface area contributed by atoms with E-state index >= 15 is 0 Å². The fourth-order valence-electron chi connectivity index (χ4n) is 1.27. The Morgan fingerprint density at radius 3 is 0.774 bits per heavy atom. The number of amides is 3. The van der Waals surface area contributed by atoms with E-state index in [1.165, 1.54) is 20.8 Å². The van der Waals surface area contributed by atoms with Gasteiger partial charge in [0.05, 0.1) is 36.0 Å². The standard InChI is InChI=1S/3C5H9NO3S.Al/c3*1-3(7)6-4(2-10)5(8)9;/h3*4,10H,2H2,1H3,(H,6,7)(H,8,9);/q;;;+3/p-3/t3*4-;/m000./s1. The monoisotopic (exact) mass is 513 g/mol. The Hall–Kier alpha value is -1.60. The summed E-state index contributed by atoms with van der Waals surface area (Å²) in [4.78, 5) is 61.1. The van der Waals surface area contributed by atoms with Gasteiger partial charge in [-0.25, -0.2) is 0 Å². The van der Waals surface area contributed by atoms with Crippen LogP contribution in [0.5, 0.6) is 0 Å². The molecule has 3 atom stereocenters. The minimum atomic E-state index is -1.31. The molecular formula is C15H24AlN3O9S3. The first-order valence-corrected chi connectivity index (χ1v) is 9.89. The van der Waals surface area contributed by atoms with Crippen molar-refractivity contribution in [2.75, 3.05) is 17.3 Å². The van der Waals surface area contributed by atoms with E-state index in [0.29, 0.717) is 0 Å². The number of thiol groups is 3.